The quantitative estimate of drug-likeness (QED) is 0.376. The first-order valence-electron chi connectivity index (χ1n) is 8.90. The van der Waals surface area contributed by atoms with Crippen molar-refractivity contribution in [2.45, 2.75) is 6.54 Å². The van der Waals surface area contributed by atoms with Gasteiger partial charge in [0.25, 0.3) is 0 Å². The number of ether oxygens (including phenoxy) is 2. The Morgan fingerprint density at radius 2 is 1.96 bits per heavy atom. The molecule has 0 N–H and O–H groups in total. The Morgan fingerprint density at radius 1 is 1.11 bits per heavy atom. The molecule has 0 atom stereocenters. The Morgan fingerprint density at radius 3 is 2.79 bits per heavy atom. The Hall–Kier alpha value is -2.57. The highest BCUT2D eigenvalue weighted by Gasteiger charge is 2.22. The van der Waals surface area contributed by atoms with Gasteiger partial charge in [0.05, 0.1) is 19.3 Å². The number of methoxy groups -OCH3 is 1. The first-order chi connectivity index (χ1) is 13.7. The van der Waals surface area contributed by atoms with Crippen molar-refractivity contribution in [3.05, 3.63) is 70.0 Å². The van der Waals surface area contributed by atoms with Crippen LogP contribution in [-0.4, -0.2) is 18.8 Å². The molecule has 140 valence electrons. The highest BCUT2D eigenvalue weighted by molar-refractivity contribution is 9.10. The molecule has 0 radical (unpaired) electrons. The van der Waals surface area contributed by atoms with Gasteiger partial charge in [0.15, 0.2) is 11.9 Å². The number of thiazole rings is 1. The van der Waals surface area contributed by atoms with E-state index >= 15 is 0 Å². The molecule has 0 aliphatic carbocycles. The summed E-state index contributed by atoms with van der Waals surface area (Å²) in [6.45, 7) is 1.27. The molecule has 4 nitrogen and oxygen atoms in total. The predicted molar refractivity (Wildman–Crippen MR) is 117 cm³/mol. The monoisotopic (exact) mass is 452 g/mol. The molecule has 0 saturated heterocycles. The zero-order valence-corrected chi connectivity index (χ0v) is 17.6. The molecular weight excluding hydrogens is 436 g/mol. The average Bonchev–Trinajstić information content (AvgIpc) is 3.23. The standard InChI is InChI=1S/C22H17BrN2O2S/c1-26-17-7-8-18-15(10-17)4-9-21-19(18)11-25(13-27-21)22-24-20(12-28-22)14-2-5-16(23)6-3-14/h2-10,12H,11,13H2,1H3. The Balaban J connectivity index is 1.47. The summed E-state index contributed by atoms with van der Waals surface area (Å²) < 4.78 is 12.5. The van der Waals surface area contributed by atoms with Gasteiger partial charge in [-0.05, 0) is 41.1 Å². The third kappa shape index (κ3) is 3.12. The van der Waals surface area contributed by atoms with Crippen molar-refractivity contribution in [2.75, 3.05) is 18.7 Å². The zero-order chi connectivity index (χ0) is 19.1. The molecule has 6 heteroatoms. The first-order valence-corrected chi connectivity index (χ1v) is 10.6. The molecule has 1 aromatic heterocycles. The second kappa shape index (κ2) is 7.11. The van der Waals surface area contributed by atoms with Gasteiger partial charge in [-0.1, -0.05) is 40.2 Å². The van der Waals surface area contributed by atoms with Crippen LogP contribution in [-0.2, 0) is 6.54 Å². The summed E-state index contributed by atoms with van der Waals surface area (Å²) in [4.78, 5) is 7.02. The lowest BCUT2D eigenvalue weighted by Gasteiger charge is -2.29. The average molecular weight is 453 g/mol. The molecular formula is C22H17BrN2O2S. The van der Waals surface area contributed by atoms with Crippen LogP contribution in [0.3, 0.4) is 0 Å². The highest BCUT2D eigenvalue weighted by atomic mass is 79.9. The number of hydrogen-bond acceptors (Lipinski definition) is 5. The van der Waals surface area contributed by atoms with Gasteiger partial charge >= 0.3 is 0 Å². The van der Waals surface area contributed by atoms with E-state index in [1.54, 1.807) is 18.4 Å². The van der Waals surface area contributed by atoms with E-state index in [4.69, 9.17) is 14.5 Å². The van der Waals surface area contributed by atoms with E-state index in [1.807, 2.05) is 24.3 Å². The van der Waals surface area contributed by atoms with Gasteiger partial charge in [-0.25, -0.2) is 4.98 Å². The van der Waals surface area contributed by atoms with Gasteiger partial charge in [-0.2, -0.15) is 0 Å². The zero-order valence-electron chi connectivity index (χ0n) is 15.2. The van der Waals surface area contributed by atoms with Gasteiger partial charge in [-0.15, -0.1) is 11.3 Å². The van der Waals surface area contributed by atoms with Gasteiger partial charge in [0, 0.05) is 21.0 Å². The summed E-state index contributed by atoms with van der Waals surface area (Å²) in [7, 11) is 1.69. The van der Waals surface area contributed by atoms with Crippen LogP contribution in [0.25, 0.3) is 22.0 Å². The number of aromatic nitrogens is 1. The molecule has 4 aromatic rings. The van der Waals surface area contributed by atoms with Crippen LogP contribution in [0.2, 0.25) is 0 Å². The number of nitrogens with zero attached hydrogens (tertiary/aromatic N) is 2. The number of hydrogen-bond donors (Lipinski definition) is 0. The van der Waals surface area contributed by atoms with Crippen LogP contribution in [0.1, 0.15) is 5.56 Å². The third-order valence-corrected chi connectivity index (χ3v) is 6.35. The molecule has 0 amide bonds. The lowest BCUT2D eigenvalue weighted by Crippen LogP contribution is -2.31. The molecule has 0 unspecified atom stereocenters. The van der Waals surface area contributed by atoms with Crippen molar-refractivity contribution in [3.63, 3.8) is 0 Å². The molecule has 0 saturated carbocycles. The van der Waals surface area contributed by atoms with E-state index in [-0.39, 0.29) is 0 Å². The van der Waals surface area contributed by atoms with Crippen molar-refractivity contribution >= 4 is 43.2 Å². The lowest BCUT2D eigenvalue weighted by molar-refractivity contribution is 0.290. The summed E-state index contributed by atoms with van der Waals surface area (Å²) in [5.74, 6) is 1.80. The van der Waals surface area contributed by atoms with Crippen molar-refractivity contribution in [1.29, 1.82) is 0 Å². The van der Waals surface area contributed by atoms with E-state index in [9.17, 15) is 0 Å². The fraction of sp³-hybridized carbons (Fsp3) is 0.136. The maximum Gasteiger partial charge on any atom is 0.188 e. The number of halogens is 1. The van der Waals surface area contributed by atoms with Crippen LogP contribution < -0.4 is 14.4 Å². The predicted octanol–water partition coefficient (Wildman–Crippen LogP) is 6.09. The van der Waals surface area contributed by atoms with Crippen LogP contribution in [0.4, 0.5) is 5.13 Å². The van der Waals surface area contributed by atoms with E-state index < -0.39 is 0 Å². The van der Waals surface area contributed by atoms with Crippen LogP contribution >= 0.6 is 27.3 Å². The topological polar surface area (TPSA) is 34.6 Å². The van der Waals surface area contributed by atoms with Gasteiger partial charge in [-0.3, -0.25) is 0 Å². The summed E-state index contributed by atoms with van der Waals surface area (Å²) in [6, 6.07) is 18.5. The molecule has 28 heavy (non-hydrogen) atoms. The van der Waals surface area contributed by atoms with Crippen LogP contribution in [0, 0.1) is 0 Å². The van der Waals surface area contributed by atoms with Crippen molar-refractivity contribution in [2.24, 2.45) is 0 Å². The number of benzene rings is 3. The number of anilines is 1. The van der Waals surface area contributed by atoms with Gasteiger partial charge < -0.3 is 14.4 Å². The summed E-state index contributed by atoms with van der Waals surface area (Å²) in [6.07, 6.45) is 0. The van der Waals surface area contributed by atoms with Crippen molar-refractivity contribution in [3.8, 4) is 22.8 Å². The molecule has 2 heterocycles. The summed E-state index contributed by atoms with van der Waals surface area (Å²) in [5, 5.41) is 5.40. The molecule has 1 aliphatic heterocycles. The normalized spacial score (nSPS) is 13.3. The minimum atomic E-state index is 0.502. The molecule has 0 spiro atoms. The molecule has 3 aromatic carbocycles. The number of fused-ring (bicyclic) bond motifs is 3. The maximum absolute atomic E-state index is 6.04. The SMILES string of the molecule is COc1ccc2c3c(ccc2c1)OCN(c1nc(-c2ccc(Br)cc2)cs1)C3. The Kier molecular flexibility index (Phi) is 4.45. The van der Waals surface area contributed by atoms with E-state index in [1.165, 1.54) is 10.9 Å². The smallest absolute Gasteiger partial charge is 0.188 e. The molecule has 5 rings (SSSR count). The van der Waals surface area contributed by atoms with Crippen LogP contribution in [0.15, 0.2) is 64.5 Å². The number of rotatable bonds is 3. The van der Waals surface area contributed by atoms with Gasteiger partial charge in [0.1, 0.15) is 11.5 Å². The molecule has 0 fully saturated rings. The first kappa shape index (κ1) is 17.5. The summed E-state index contributed by atoms with van der Waals surface area (Å²) in [5.41, 5.74) is 3.29. The van der Waals surface area contributed by atoms with E-state index in [0.29, 0.717) is 6.73 Å². The Labute approximate surface area is 175 Å². The second-order valence-electron chi connectivity index (χ2n) is 6.62. The van der Waals surface area contributed by atoms with Crippen molar-refractivity contribution in [1.82, 2.24) is 4.98 Å². The van der Waals surface area contributed by atoms with Crippen molar-refractivity contribution < 1.29 is 9.47 Å². The Bertz CT molecular complexity index is 1160. The van der Waals surface area contributed by atoms with Gasteiger partial charge in [0.2, 0.25) is 0 Å². The minimum absolute atomic E-state index is 0.502. The summed E-state index contributed by atoms with van der Waals surface area (Å²) >= 11 is 5.12. The molecule has 0 bridgehead atoms. The largest absolute Gasteiger partial charge is 0.497 e. The van der Waals surface area contributed by atoms with E-state index in [2.05, 4.69) is 56.5 Å². The fourth-order valence-electron chi connectivity index (χ4n) is 3.45. The minimum Gasteiger partial charge on any atom is -0.497 e. The van der Waals surface area contributed by atoms with Crippen LogP contribution in [0.5, 0.6) is 11.5 Å². The maximum atomic E-state index is 6.04. The highest BCUT2D eigenvalue weighted by Crippen LogP contribution is 2.37. The second-order valence-corrected chi connectivity index (χ2v) is 8.38. The fourth-order valence-corrected chi connectivity index (χ4v) is 4.53. The third-order valence-electron chi connectivity index (χ3n) is 4.92. The lowest BCUT2D eigenvalue weighted by atomic mass is 10.0. The van der Waals surface area contributed by atoms with E-state index in [0.717, 1.165) is 44.3 Å². The molecule has 1 aliphatic rings.